The average molecular weight is 657 g/mol. The zero-order chi connectivity index (χ0) is 32.8. The largest absolute Gasteiger partial charge is 0.502 e. The molecule has 0 aliphatic rings. The Bertz CT molecular complexity index is 1090. The van der Waals surface area contributed by atoms with Crippen LogP contribution in [0.15, 0.2) is 84.9 Å². The molecule has 0 saturated carbocycles. The summed E-state index contributed by atoms with van der Waals surface area (Å²) in [5.74, 6) is 0. The summed E-state index contributed by atoms with van der Waals surface area (Å²) in [7, 11) is -5.20. The summed E-state index contributed by atoms with van der Waals surface area (Å²) in [6, 6.07) is 30.6. The van der Waals surface area contributed by atoms with Crippen molar-refractivity contribution in [1.29, 1.82) is 0 Å². The number of nitrogens with zero attached hydrogens (tertiary/aromatic N) is 1. The van der Waals surface area contributed by atoms with Crippen LogP contribution in [0.3, 0.4) is 0 Å². The standard InChI is InChI=1S/C20H29NO3Si.C15H27NO3Si/c1-4-22-25(23-5-2,24-6-3)18-17-21(19-13-9-7-10-14-19)20-15-11-8-12-16-20;1-5-17-20(18-6-2,19-7-3)13-12-16-15-11-9-8-10-14(15)4/h7-16H,4-6,17-18H2,1-3H3;8-11,16H,5-7,12-13H2,1-4H3. The van der Waals surface area contributed by atoms with Crippen molar-refractivity contribution in [2.45, 2.75) is 60.6 Å². The fourth-order valence-corrected chi connectivity index (χ4v) is 9.93. The van der Waals surface area contributed by atoms with Crippen LogP contribution in [0.25, 0.3) is 0 Å². The van der Waals surface area contributed by atoms with E-state index in [0.29, 0.717) is 39.6 Å². The Labute approximate surface area is 274 Å². The van der Waals surface area contributed by atoms with Crippen LogP contribution in [-0.2, 0) is 26.6 Å². The number of rotatable bonds is 21. The molecule has 10 heteroatoms. The molecule has 8 nitrogen and oxygen atoms in total. The lowest BCUT2D eigenvalue weighted by atomic mass is 10.2. The first kappa shape index (κ1) is 38.6. The number of hydrogen-bond donors (Lipinski definition) is 1. The Morgan fingerprint density at radius 3 is 1.29 bits per heavy atom. The summed E-state index contributed by atoms with van der Waals surface area (Å²) in [5.41, 5.74) is 4.70. The zero-order valence-corrected chi connectivity index (χ0v) is 30.6. The third-order valence-electron chi connectivity index (χ3n) is 6.85. The van der Waals surface area contributed by atoms with E-state index in [4.69, 9.17) is 26.6 Å². The monoisotopic (exact) mass is 656 g/mol. The van der Waals surface area contributed by atoms with Crippen molar-refractivity contribution >= 4 is 34.7 Å². The molecule has 0 bridgehead atoms. The SMILES string of the molecule is CCO[Si](CCN(c1ccccc1)c1ccccc1)(OCC)OCC.CCO[Si](CCNc1ccccc1C)(OCC)OCC. The lowest BCUT2D eigenvalue weighted by Crippen LogP contribution is -2.48. The molecule has 0 unspecified atom stereocenters. The first-order chi connectivity index (χ1) is 21.9. The third-order valence-corrected chi connectivity index (χ3v) is 12.9. The van der Waals surface area contributed by atoms with Crippen molar-refractivity contribution in [3.8, 4) is 0 Å². The first-order valence-corrected chi connectivity index (χ1v) is 20.3. The van der Waals surface area contributed by atoms with Crippen molar-refractivity contribution in [1.82, 2.24) is 0 Å². The molecule has 0 amide bonds. The van der Waals surface area contributed by atoms with E-state index in [-0.39, 0.29) is 0 Å². The summed E-state index contributed by atoms with van der Waals surface area (Å²) in [6.07, 6.45) is 0. The number of para-hydroxylation sites is 3. The van der Waals surface area contributed by atoms with Crippen LogP contribution < -0.4 is 10.2 Å². The minimum absolute atomic E-state index is 0.600. The Morgan fingerprint density at radius 1 is 0.511 bits per heavy atom. The van der Waals surface area contributed by atoms with E-state index in [1.807, 2.05) is 65.8 Å². The minimum Gasteiger partial charge on any atom is -0.385 e. The Morgan fingerprint density at radius 2 is 0.889 bits per heavy atom. The molecular weight excluding hydrogens is 601 g/mol. The highest BCUT2D eigenvalue weighted by Crippen LogP contribution is 2.27. The predicted octanol–water partition coefficient (Wildman–Crippen LogP) is 8.33. The Kier molecular flexibility index (Phi) is 18.9. The van der Waals surface area contributed by atoms with Gasteiger partial charge in [0.25, 0.3) is 0 Å². The minimum atomic E-state index is -2.67. The van der Waals surface area contributed by atoms with Gasteiger partial charge in [-0.2, -0.15) is 0 Å². The summed E-state index contributed by atoms with van der Waals surface area (Å²) in [5, 5.41) is 3.44. The third kappa shape index (κ3) is 13.4. The number of nitrogens with one attached hydrogen (secondary N) is 1. The Hall–Kier alpha value is -2.55. The molecule has 45 heavy (non-hydrogen) atoms. The molecule has 1 N–H and O–H groups in total. The summed E-state index contributed by atoms with van der Waals surface area (Å²) >= 11 is 0. The van der Waals surface area contributed by atoms with Crippen LogP contribution in [0, 0.1) is 6.92 Å². The van der Waals surface area contributed by atoms with Gasteiger partial charge < -0.3 is 36.8 Å². The van der Waals surface area contributed by atoms with Gasteiger partial charge in [0.15, 0.2) is 0 Å². The second-order valence-electron chi connectivity index (χ2n) is 10.0. The highest BCUT2D eigenvalue weighted by molar-refractivity contribution is 6.61. The number of hydrogen-bond acceptors (Lipinski definition) is 8. The van der Waals surface area contributed by atoms with Gasteiger partial charge in [-0.05, 0) is 84.4 Å². The topological polar surface area (TPSA) is 70.7 Å². The molecule has 0 aromatic heterocycles. The van der Waals surface area contributed by atoms with Crippen LogP contribution in [0.1, 0.15) is 47.1 Å². The maximum Gasteiger partial charge on any atom is 0.502 e. The van der Waals surface area contributed by atoms with E-state index < -0.39 is 17.6 Å². The molecule has 0 fully saturated rings. The van der Waals surface area contributed by atoms with Gasteiger partial charge in [-0.3, -0.25) is 0 Å². The molecule has 0 radical (unpaired) electrons. The van der Waals surface area contributed by atoms with Crippen molar-refractivity contribution < 1.29 is 26.6 Å². The van der Waals surface area contributed by atoms with E-state index >= 15 is 0 Å². The second kappa shape index (κ2) is 22.1. The van der Waals surface area contributed by atoms with Crippen LogP contribution in [0.2, 0.25) is 12.1 Å². The maximum absolute atomic E-state index is 6.00. The smallest absolute Gasteiger partial charge is 0.385 e. The molecule has 250 valence electrons. The van der Waals surface area contributed by atoms with Crippen LogP contribution in [-0.4, -0.2) is 70.3 Å². The Balaban J connectivity index is 0.000000322. The van der Waals surface area contributed by atoms with E-state index in [9.17, 15) is 0 Å². The summed E-state index contributed by atoms with van der Waals surface area (Å²) in [6.45, 7) is 19.2. The summed E-state index contributed by atoms with van der Waals surface area (Å²) < 4.78 is 35.5. The van der Waals surface area contributed by atoms with E-state index in [1.54, 1.807) is 0 Å². The van der Waals surface area contributed by atoms with Gasteiger partial charge in [-0.1, -0.05) is 54.6 Å². The second-order valence-corrected chi connectivity index (χ2v) is 15.5. The van der Waals surface area contributed by atoms with E-state index in [2.05, 4.69) is 77.8 Å². The van der Waals surface area contributed by atoms with Crippen molar-refractivity contribution in [3.63, 3.8) is 0 Å². The van der Waals surface area contributed by atoms with Gasteiger partial charge in [0.1, 0.15) is 0 Å². The predicted molar refractivity (Wildman–Crippen MR) is 190 cm³/mol. The molecular formula is C35H56N2O6Si2. The van der Waals surface area contributed by atoms with Gasteiger partial charge in [0, 0.05) is 81.9 Å². The molecule has 0 heterocycles. The molecule has 0 atom stereocenters. The molecule has 0 saturated heterocycles. The van der Waals surface area contributed by atoms with Crippen LogP contribution >= 0.6 is 0 Å². The van der Waals surface area contributed by atoms with Crippen molar-refractivity contribution in [2.75, 3.05) is 62.9 Å². The highest BCUT2D eigenvalue weighted by atomic mass is 28.4. The lowest BCUT2D eigenvalue weighted by Gasteiger charge is -2.32. The molecule has 0 aliphatic heterocycles. The van der Waals surface area contributed by atoms with Gasteiger partial charge in [0.2, 0.25) is 0 Å². The quantitative estimate of drug-likeness (QED) is 0.115. The first-order valence-electron chi connectivity index (χ1n) is 16.4. The lowest BCUT2D eigenvalue weighted by molar-refractivity contribution is 0.0712. The van der Waals surface area contributed by atoms with Gasteiger partial charge in [-0.25, -0.2) is 0 Å². The molecule has 3 aromatic rings. The maximum atomic E-state index is 6.00. The van der Waals surface area contributed by atoms with Crippen LogP contribution in [0.5, 0.6) is 0 Å². The normalized spacial score (nSPS) is 11.5. The van der Waals surface area contributed by atoms with Crippen molar-refractivity contribution in [2.24, 2.45) is 0 Å². The van der Waals surface area contributed by atoms with Gasteiger partial charge in [0.05, 0.1) is 0 Å². The van der Waals surface area contributed by atoms with Crippen molar-refractivity contribution in [3.05, 3.63) is 90.5 Å². The molecule has 0 spiro atoms. The van der Waals surface area contributed by atoms with E-state index in [1.165, 1.54) is 5.56 Å². The highest BCUT2D eigenvalue weighted by Gasteiger charge is 2.41. The number of benzene rings is 3. The van der Waals surface area contributed by atoms with Crippen LogP contribution in [0.4, 0.5) is 17.1 Å². The van der Waals surface area contributed by atoms with E-state index in [0.717, 1.165) is 42.2 Å². The molecule has 3 rings (SSSR count). The fourth-order valence-electron chi connectivity index (χ4n) is 5.00. The van der Waals surface area contributed by atoms with Gasteiger partial charge in [-0.15, -0.1) is 0 Å². The molecule has 0 aliphatic carbocycles. The van der Waals surface area contributed by atoms with Gasteiger partial charge >= 0.3 is 17.6 Å². The average Bonchev–Trinajstić information content (AvgIpc) is 3.04. The number of anilines is 3. The summed E-state index contributed by atoms with van der Waals surface area (Å²) in [4.78, 5) is 2.29. The number of aryl methyl sites for hydroxylation is 1. The fraction of sp³-hybridized carbons (Fsp3) is 0.486. The molecule has 3 aromatic carbocycles. The zero-order valence-electron chi connectivity index (χ0n) is 28.6.